The Hall–Kier alpha value is -0.960. The number of carbonyl (C=O) groups is 1. The van der Waals surface area contributed by atoms with Crippen LogP contribution in [0.15, 0.2) is 29.2 Å². The third-order valence-electron chi connectivity index (χ3n) is 1.67. The van der Waals surface area contributed by atoms with Crippen molar-refractivity contribution >= 4 is 17.7 Å². The zero-order valence-corrected chi connectivity index (χ0v) is 8.56. The maximum absolute atomic E-state index is 10.9. The fourth-order valence-electron chi connectivity index (χ4n) is 0.914. The van der Waals surface area contributed by atoms with Crippen molar-refractivity contribution in [3.8, 4) is 0 Å². The second kappa shape index (κ2) is 4.92. The number of aryl methyl sites for hydroxylation is 1. The van der Waals surface area contributed by atoms with Gasteiger partial charge in [-0.2, -0.15) is 0 Å². The van der Waals surface area contributed by atoms with Crippen LogP contribution in [0.4, 0.5) is 0 Å². The summed E-state index contributed by atoms with van der Waals surface area (Å²) in [6, 6.07) is 7.98. The lowest BCUT2D eigenvalue weighted by Crippen LogP contribution is -2.02. The van der Waals surface area contributed by atoms with Gasteiger partial charge in [0.2, 0.25) is 0 Å². The molecular formula is C10H12O2S. The Labute approximate surface area is 82.3 Å². The van der Waals surface area contributed by atoms with Gasteiger partial charge in [0.1, 0.15) is 0 Å². The molecule has 0 saturated heterocycles. The van der Waals surface area contributed by atoms with Gasteiger partial charge in [-0.1, -0.05) is 18.2 Å². The molecule has 0 aromatic heterocycles. The number of methoxy groups -OCH3 is 1. The molecule has 0 fully saturated rings. The topological polar surface area (TPSA) is 26.3 Å². The molecule has 3 heteroatoms. The van der Waals surface area contributed by atoms with Gasteiger partial charge >= 0.3 is 5.97 Å². The maximum atomic E-state index is 10.9. The van der Waals surface area contributed by atoms with Gasteiger partial charge in [0.05, 0.1) is 12.9 Å². The van der Waals surface area contributed by atoms with E-state index in [0.717, 1.165) is 4.90 Å². The van der Waals surface area contributed by atoms with Crippen LogP contribution in [0.1, 0.15) is 5.56 Å². The van der Waals surface area contributed by atoms with Crippen molar-refractivity contribution in [2.24, 2.45) is 0 Å². The van der Waals surface area contributed by atoms with Crippen molar-refractivity contribution in [2.45, 2.75) is 11.8 Å². The van der Waals surface area contributed by atoms with Gasteiger partial charge in [-0.25, -0.2) is 0 Å². The predicted octanol–water partition coefficient (Wildman–Crippen LogP) is 2.26. The second-order valence-electron chi connectivity index (χ2n) is 2.63. The lowest BCUT2D eigenvalue weighted by atomic mass is 10.2. The molecule has 0 aliphatic heterocycles. The molecule has 2 nitrogen and oxygen atoms in total. The first kappa shape index (κ1) is 10.1. The average Bonchev–Trinajstić information content (AvgIpc) is 2.16. The van der Waals surface area contributed by atoms with Crippen molar-refractivity contribution in [1.82, 2.24) is 0 Å². The van der Waals surface area contributed by atoms with E-state index in [2.05, 4.69) is 4.74 Å². The Balaban J connectivity index is 2.54. The molecule has 0 amide bonds. The van der Waals surface area contributed by atoms with E-state index in [4.69, 9.17) is 0 Å². The number of carbonyl (C=O) groups excluding carboxylic acids is 1. The molecule has 0 N–H and O–H groups in total. The summed E-state index contributed by atoms with van der Waals surface area (Å²) in [6.07, 6.45) is 0. The van der Waals surface area contributed by atoms with Gasteiger partial charge in [-0.05, 0) is 18.6 Å². The van der Waals surface area contributed by atoms with Gasteiger partial charge in [-0.3, -0.25) is 4.79 Å². The van der Waals surface area contributed by atoms with Crippen LogP contribution in [0.2, 0.25) is 0 Å². The van der Waals surface area contributed by atoms with Crippen LogP contribution in [0, 0.1) is 6.92 Å². The van der Waals surface area contributed by atoms with E-state index in [1.807, 2.05) is 31.2 Å². The number of ether oxygens (including phenoxy) is 1. The lowest BCUT2D eigenvalue weighted by molar-refractivity contribution is -0.137. The summed E-state index contributed by atoms with van der Waals surface area (Å²) in [5, 5.41) is 0. The molecule has 0 saturated carbocycles. The molecule has 70 valence electrons. The smallest absolute Gasteiger partial charge is 0.315 e. The highest BCUT2D eigenvalue weighted by atomic mass is 32.2. The van der Waals surface area contributed by atoms with Crippen LogP contribution in [0.3, 0.4) is 0 Å². The first-order valence-electron chi connectivity index (χ1n) is 3.99. The maximum Gasteiger partial charge on any atom is 0.315 e. The zero-order valence-electron chi connectivity index (χ0n) is 7.74. The summed E-state index contributed by atoms with van der Waals surface area (Å²) in [5.41, 5.74) is 1.19. The molecular weight excluding hydrogens is 184 g/mol. The summed E-state index contributed by atoms with van der Waals surface area (Å²) in [5.74, 6) is 0.190. The molecule has 0 aliphatic rings. The first-order chi connectivity index (χ1) is 6.24. The molecule has 0 aliphatic carbocycles. The molecule has 0 bridgehead atoms. The van der Waals surface area contributed by atoms with E-state index in [1.54, 1.807) is 0 Å². The summed E-state index contributed by atoms with van der Waals surface area (Å²) < 4.78 is 4.55. The number of hydrogen-bond acceptors (Lipinski definition) is 3. The minimum atomic E-state index is -0.187. The largest absolute Gasteiger partial charge is 0.468 e. The van der Waals surface area contributed by atoms with Gasteiger partial charge < -0.3 is 4.74 Å². The Morgan fingerprint density at radius 3 is 2.77 bits per heavy atom. The lowest BCUT2D eigenvalue weighted by Gasteiger charge is -2.03. The van der Waals surface area contributed by atoms with Crippen LogP contribution < -0.4 is 0 Å². The molecule has 0 heterocycles. The van der Waals surface area contributed by atoms with Gasteiger partial charge in [0.15, 0.2) is 0 Å². The van der Waals surface area contributed by atoms with Gasteiger partial charge in [-0.15, -0.1) is 11.8 Å². The predicted molar refractivity (Wildman–Crippen MR) is 53.9 cm³/mol. The number of esters is 1. The number of benzene rings is 1. The summed E-state index contributed by atoms with van der Waals surface area (Å²) in [6.45, 7) is 2.03. The summed E-state index contributed by atoms with van der Waals surface area (Å²) in [7, 11) is 1.40. The molecule has 0 radical (unpaired) electrons. The molecule has 1 aromatic carbocycles. The molecule has 13 heavy (non-hydrogen) atoms. The minimum absolute atomic E-state index is 0.187. The van der Waals surface area contributed by atoms with E-state index in [0.29, 0.717) is 5.75 Å². The zero-order chi connectivity index (χ0) is 9.68. The van der Waals surface area contributed by atoms with Crippen molar-refractivity contribution in [3.63, 3.8) is 0 Å². The minimum Gasteiger partial charge on any atom is -0.468 e. The normalized spacial score (nSPS) is 9.69. The van der Waals surface area contributed by atoms with E-state index >= 15 is 0 Å². The number of thioether (sulfide) groups is 1. The van der Waals surface area contributed by atoms with Crippen LogP contribution >= 0.6 is 11.8 Å². The van der Waals surface area contributed by atoms with Crippen molar-refractivity contribution in [1.29, 1.82) is 0 Å². The SMILES string of the molecule is COC(=O)CSc1ccccc1C. The second-order valence-corrected chi connectivity index (χ2v) is 3.65. The fraction of sp³-hybridized carbons (Fsp3) is 0.300. The third kappa shape index (κ3) is 3.11. The van der Waals surface area contributed by atoms with Crippen LogP contribution in [-0.4, -0.2) is 18.8 Å². The molecule has 1 aromatic rings. The van der Waals surface area contributed by atoms with E-state index in [9.17, 15) is 4.79 Å². The van der Waals surface area contributed by atoms with Crippen molar-refractivity contribution in [3.05, 3.63) is 29.8 Å². The van der Waals surface area contributed by atoms with Gasteiger partial charge in [0.25, 0.3) is 0 Å². The van der Waals surface area contributed by atoms with Crippen LogP contribution in [0.25, 0.3) is 0 Å². The van der Waals surface area contributed by atoms with Crippen molar-refractivity contribution < 1.29 is 9.53 Å². The monoisotopic (exact) mass is 196 g/mol. The number of hydrogen-bond donors (Lipinski definition) is 0. The molecule has 0 atom stereocenters. The van der Waals surface area contributed by atoms with E-state index in [-0.39, 0.29) is 5.97 Å². The fourth-order valence-corrected chi connectivity index (χ4v) is 1.78. The highest BCUT2D eigenvalue weighted by molar-refractivity contribution is 8.00. The first-order valence-corrected chi connectivity index (χ1v) is 4.98. The van der Waals surface area contributed by atoms with Crippen molar-refractivity contribution in [2.75, 3.05) is 12.9 Å². The quantitative estimate of drug-likeness (QED) is 0.548. The number of rotatable bonds is 3. The molecule has 0 unspecified atom stereocenters. The van der Waals surface area contributed by atoms with E-state index in [1.165, 1.54) is 24.4 Å². The van der Waals surface area contributed by atoms with Crippen LogP contribution in [-0.2, 0) is 9.53 Å². The highest BCUT2D eigenvalue weighted by Gasteiger charge is 2.02. The molecule has 0 spiro atoms. The summed E-state index contributed by atoms with van der Waals surface area (Å²) in [4.78, 5) is 12.0. The average molecular weight is 196 g/mol. The standard InChI is InChI=1S/C10H12O2S/c1-8-5-3-4-6-9(8)13-7-10(11)12-2/h3-6H,7H2,1-2H3. The molecule has 1 rings (SSSR count). The Morgan fingerprint density at radius 1 is 1.46 bits per heavy atom. The Bertz CT molecular complexity index is 297. The Morgan fingerprint density at radius 2 is 2.15 bits per heavy atom. The third-order valence-corrected chi connectivity index (χ3v) is 2.82. The van der Waals surface area contributed by atoms with Gasteiger partial charge in [0, 0.05) is 4.90 Å². The Kier molecular flexibility index (Phi) is 3.83. The van der Waals surface area contributed by atoms with E-state index < -0.39 is 0 Å². The van der Waals surface area contributed by atoms with Crippen LogP contribution in [0.5, 0.6) is 0 Å². The summed E-state index contributed by atoms with van der Waals surface area (Å²) >= 11 is 1.51. The highest BCUT2D eigenvalue weighted by Crippen LogP contribution is 2.21.